The fourth-order valence-electron chi connectivity index (χ4n) is 1.48. The Morgan fingerprint density at radius 1 is 1.44 bits per heavy atom. The average Bonchev–Trinajstić information content (AvgIpc) is 2.26. The lowest BCUT2D eigenvalue weighted by Crippen LogP contribution is -2.53. The Bertz CT molecular complexity index is 260. The van der Waals surface area contributed by atoms with Gasteiger partial charge in [-0.15, -0.1) is 0 Å². The molecular formula is C12H25F2N3O. The van der Waals surface area contributed by atoms with Gasteiger partial charge in [-0.1, -0.05) is 6.92 Å². The molecule has 0 heterocycles. The van der Waals surface area contributed by atoms with Gasteiger partial charge in [0.25, 0.3) is 6.43 Å². The van der Waals surface area contributed by atoms with E-state index in [0.29, 0.717) is 0 Å². The smallest absolute Gasteiger partial charge is 0.251 e. The minimum Gasteiger partial charge on any atom is -0.350 e. The molecule has 3 N–H and O–H groups in total. The Labute approximate surface area is 108 Å². The van der Waals surface area contributed by atoms with Crippen molar-refractivity contribution in [3.05, 3.63) is 0 Å². The van der Waals surface area contributed by atoms with Crippen molar-refractivity contribution < 1.29 is 13.6 Å². The van der Waals surface area contributed by atoms with Gasteiger partial charge < -0.3 is 11.1 Å². The molecule has 108 valence electrons. The summed E-state index contributed by atoms with van der Waals surface area (Å²) in [5.74, 6) is -0.240. The number of hydrogen-bond acceptors (Lipinski definition) is 3. The highest BCUT2D eigenvalue weighted by atomic mass is 19.3. The Hall–Kier alpha value is -0.750. The van der Waals surface area contributed by atoms with Crippen molar-refractivity contribution in [1.82, 2.24) is 10.2 Å². The number of halogens is 2. The number of carbonyl (C=O) groups is 1. The molecule has 0 aliphatic rings. The first kappa shape index (κ1) is 17.2. The molecule has 4 nitrogen and oxygen atoms in total. The summed E-state index contributed by atoms with van der Waals surface area (Å²) in [4.78, 5) is 13.4. The maximum atomic E-state index is 12.4. The lowest BCUT2D eigenvalue weighted by Gasteiger charge is -2.31. The third-order valence-electron chi connectivity index (χ3n) is 3.06. The summed E-state index contributed by atoms with van der Waals surface area (Å²) in [6, 6.07) is -0.603. The SMILES string of the molecule is CCC(C)(C)NC(=O)C(C)N(CCN)CC(F)F. The van der Waals surface area contributed by atoms with E-state index in [1.165, 1.54) is 4.90 Å². The van der Waals surface area contributed by atoms with Crippen molar-refractivity contribution in [2.24, 2.45) is 5.73 Å². The second-order valence-corrected chi connectivity index (χ2v) is 5.08. The van der Waals surface area contributed by atoms with Crippen LogP contribution in [0.5, 0.6) is 0 Å². The summed E-state index contributed by atoms with van der Waals surface area (Å²) in [7, 11) is 0. The van der Waals surface area contributed by atoms with E-state index in [0.717, 1.165) is 6.42 Å². The largest absolute Gasteiger partial charge is 0.350 e. The molecular weight excluding hydrogens is 240 g/mol. The van der Waals surface area contributed by atoms with E-state index in [-0.39, 0.29) is 24.5 Å². The maximum absolute atomic E-state index is 12.4. The molecule has 0 aromatic heterocycles. The molecule has 0 aliphatic carbocycles. The van der Waals surface area contributed by atoms with Crippen LogP contribution in [0, 0.1) is 0 Å². The number of nitrogens with one attached hydrogen (secondary N) is 1. The monoisotopic (exact) mass is 265 g/mol. The summed E-state index contributed by atoms with van der Waals surface area (Å²) in [6.45, 7) is 7.49. The zero-order valence-corrected chi connectivity index (χ0v) is 11.7. The Morgan fingerprint density at radius 2 is 2.00 bits per heavy atom. The van der Waals surface area contributed by atoms with Crippen LogP contribution < -0.4 is 11.1 Å². The fourth-order valence-corrected chi connectivity index (χ4v) is 1.48. The van der Waals surface area contributed by atoms with Gasteiger partial charge in [0.05, 0.1) is 12.6 Å². The highest BCUT2D eigenvalue weighted by Crippen LogP contribution is 2.10. The molecule has 0 radical (unpaired) electrons. The summed E-state index contributed by atoms with van der Waals surface area (Å²) in [5.41, 5.74) is 5.05. The fraction of sp³-hybridized carbons (Fsp3) is 0.917. The normalized spacial score (nSPS) is 14.1. The molecule has 18 heavy (non-hydrogen) atoms. The van der Waals surface area contributed by atoms with Gasteiger partial charge in [-0.25, -0.2) is 8.78 Å². The molecule has 0 aromatic rings. The number of amides is 1. The van der Waals surface area contributed by atoms with Crippen LogP contribution in [0.4, 0.5) is 8.78 Å². The molecule has 0 rings (SSSR count). The van der Waals surface area contributed by atoms with Gasteiger partial charge >= 0.3 is 0 Å². The van der Waals surface area contributed by atoms with Gasteiger partial charge in [0.2, 0.25) is 5.91 Å². The minimum absolute atomic E-state index is 0.240. The van der Waals surface area contributed by atoms with Crippen molar-refractivity contribution in [1.29, 1.82) is 0 Å². The second kappa shape index (κ2) is 7.63. The van der Waals surface area contributed by atoms with Crippen LogP contribution in [0.1, 0.15) is 34.1 Å². The molecule has 6 heteroatoms. The van der Waals surface area contributed by atoms with Crippen LogP contribution >= 0.6 is 0 Å². The number of hydrogen-bond donors (Lipinski definition) is 2. The van der Waals surface area contributed by atoms with E-state index in [4.69, 9.17) is 5.73 Å². The zero-order valence-electron chi connectivity index (χ0n) is 11.7. The molecule has 0 spiro atoms. The topological polar surface area (TPSA) is 58.4 Å². The first-order valence-electron chi connectivity index (χ1n) is 6.27. The quantitative estimate of drug-likeness (QED) is 0.693. The number of nitrogens with two attached hydrogens (primary N) is 1. The van der Waals surface area contributed by atoms with E-state index >= 15 is 0 Å². The number of rotatable bonds is 8. The van der Waals surface area contributed by atoms with Crippen molar-refractivity contribution >= 4 is 5.91 Å². The van der Waals surface area contributed by atoms with Crippen LogP contribution in [0.3, 0.4) is 0 Å². The van der Waals surface area contributed by atoms with Crippen LogP contribution in [-0.4, -0.2) is 48.4 Å². The molecule has 0 aliphatic heterocycles. The van der Waals surface area contributed by atoms with Crippen molar-refractivity contribution in [3.8, 4) is 0 Å². The van der Waals surface area contributed by atoms with Crippen molar-refractivity contribution in [3.63, 3.8) is 0 Å². The van der Waals surface area contributed by atoms with Crippen molar-refractivity contribution in [2.45, 2.75) is 52.1 Å². The number of carbonyl (C=O) groups excluding carboxylic acids is 1. The first-order valence-corrected chi connectivity index (χ1v) is 6.27. The third-order valence-corrected chi connectivity index (χ3v) is 3.06. The summed E-state index contributed by atoms with van der Waals surface area (Å²) in [5, 5.41) is 2.85. The molecule has 0 aromatic carbocycles. The van der Waals surface area contributed by atoms with E-state index in [9.17, 15) is 13.6 Å². The molecule has 0 fully saturated rings. The Balaban J connectivity index is 4.55. The van der Waals surface area contributed by atoms with Gasteiger partial charge in [0, 0.05) is 18.6 Å². The van der Waals surface area contributed by atoms with Gasteiger partial charge in [-0.3, -0.25) is 9.69 Å². The minimum atomic E-state index is -2.47. The molecule has 0 bridgehead atoms. The van der Waals surface area contributed by atoms with Gasteiger partial charge in [-0.2, -0.15) is 0 Å². The zero-order chi connectivity index (χ0) is 14.3. The Kier molecular flexibility index (Phi) is 7.32. The summed E-state index contributed by atoms with van der Waals surface area (Å²) >= 11 is 0. The summed E-state index contributed by atoms with van der Waals surface area (Å²) < 4.78 is 24.8. The third kappa shape index (κ3) is 6.26. The van der Waals surface area contributed by atoms with Crippen LogP contribution in [0.25, 0.3) is 0 Å². The standard InChI is InChI=1S/C12H25F2N3O/c1-5-12(3,4)16-11(18)9(2)17(7-6-15)8-10(13)14/h9-10H,5-8,15H2,1-4H3,(H,16,18). The molecule has 1 atom stereocenters. The molecule has 1 amide bonds. The first-order chi connectivity index (χ1) is 8.23. The van der Waals surface area contributed by atoms with Crippen molar-refractivity contribution in [2.75, 3.05) is 19.6 Å². The predicted octanol–water partition coefficient (Wildman–Crippen LogP) is 1.21. The van der Waals surface area contributed by atoms with E-state index in [1.807, 2.05) is 20.8 Å². The van der Waals surface area contributed by atoms with Crippen LogP contribution in [0.15, 0.2) is 0 Å². The Morgan fingerprint density at radius 3 is 2.39 bits per heavy atom. The lowest BCUT2D eigenvalue weighted by atomic mass is 10.0. The molecule has 0 saturated heterocycles. The average molecular weight is 265 g/mol. The lowest BCUT2D eigenvalue weighted by molar-refractivity contribution is -0.128. The van der Waals surface area contributed by atoms with E-state index in [2.05, 4.69) is 5.32 Å². The van der Waals surface area contributed by atoms with E-state index < -0.39 is 19.0 Å². The predicted molar refractivity (Wildman–Crippen MR) is 68.6 cm³/mol. The van der Waals surface area contributed by atoms with Gasteiger partial charge in [0.15, 0.2) is 0 Å². The number of alkyl halides is 2. The highest BCUT2D eigenvalue weighted by molar-refractivity contribution is 5.82. The van der Waals surface area contributed by atoms with E-state index in [1.54, 1.807) is 6.92 Å². The van der Waals surface area contributed by atoms with Crippen LogP contribution in [-0.2, 0) is 4.79 Å². The molecule has 1 unspecified atom stereocenters. The second-order valence-electron chi connectivity index (χ2n) is 5.08. The van der Waals surface area contributed by atoms with Crippen LogP contribution in [0.2, 0.25) is 0 Å². The molecule has 0 saturated carbocycles. The number of nitrogens with zero attached hydrogens (tertiary/aromatic N) is 1. The highest BCUT2D eigenvalue weighted by Gasteiger charge is 2.27. The van der Waals surface area contributed by atoms with Gasteiger partial charge in [0.1, 0.15) is 0 Å². The van der Waals surface area contributed by atoms with Gasteiger partial charge in [-0.05, 0) is 27.2 Å². The maximum Gasteiger partial charge on any atom is 0.251 e. The summed E-state index contributed by atoms with van der Waals surface area (Å²) in [6.07, 6.45) is -1.69.